The minimum atomic E-state index is -3.68. The number of hydrogen-bond donors (Lipinski definition) is 1. The molecule has 1 aliphatic heterocycles. The molecule has 1 aromatic carbocycles. The number of carbonyl (C=O) groups excluding carboxylic acids is 1. The number of nitrogens with zero attached hydrogens (tertiary/aromatic N) is 4. The fourth-order valence-electron chi connectivity index (χ4n) is 3.53. The molecule has 10 heteroatoms. The van der Waals surface area contributed by atoms with Crippen molar-refractivity contribution in [1.29, 1.82) is 0 Å². The van der Waals surface area contributed by atoms with Gasteiger partial charge < -0.3 is 14.8 Å². The van der Waals surface area contributed by atoms with Crippen LogP contribution < -0.4 is 10.2 Å². The molecule has 1 saturated heterocycles. The number of halogens is 1. The van der Waals surface area contributed by atoms with E-state index in [-0.39, 0.29) is 36.0 Å². The van der Waals surface area contributed by atoms with Crippen molar-refractivity contribution in [3.05, 3.63) is 36.0 Å². The lowest BCUT2D eigenvalue weighted by Gasteiger charge is -2.30. The predicted molar refractivity (Wildman–Crippen MR) is 118 cm³/mol. The number of amides is 1. The Kier molecular flexibility index (Phi) is 6.70. The van der Waals surface area contributed by atoms with Gasteiger partial charge in [0.25, 0.3) is 10.0 Å². The number of rotatable bonds is 6. The third-order valence-electron chi connectivity index (χ3n) is 5.89. The minimum absolute atomic E-state index is 0.0253. The summed E-state index contributed by atoms with van der Waals surface area (Å²) in [6, 6.07) is 4.79. The molecule has 0 unspecified atom stereocenters. The maximum atomic E-state index is 14.5. The van der Waals surface area contributed by atoms with Crippen molar-refractivity contribution in [3.8, 4) is 0 Å². The molecule has 0 bridgehead atoms. The van der Waals surface area contributed by atoms with Crippen LogP contribution in [0.5, 0.6) is 0 Å². The van der Waals surface area contributed by atoms with Crippen molar-refractivity contribution in [2.24, 2.45) is 13.0 Å². The minimum Gasteiger partial charge on any atom is -0.370 e. The Bertz CT molecular complexity index is 1040. The van der Waals surface area contributed by atoms with Gasteiger partial charge in [-0.25, -0.2) is 17.8 Å². The average molecular weight is 452 g/mol. The van der Waals surface area contributed by atoms with E-state index in [1.807, 2.05) is 25.8 Å². The molecule has 1 aliphatic rings. The van der Waals surface area contributed by atoms with Crippen LogP contribution in [0.4, 0.5) is 15.8 Å². The van der Waals surface area contributed by atoms with E-state index < -0.39 is 15.8 Å². The summed E-state index contributed by atoms with van der Waals surface area (Å²) in [5.41, 5.74) is 0.860. The molecular formula is C21H30FN5O3S. The van der Waals surface area contributed by atoms with Crippen molar-refractivity contribution in [2.75, 3.05) is 30.4 Å². The first kappa shape index (κ1) is 23.2. The van der Waals surface area contributed by atoms with Crippen LogP contribution in [0, 0.1) is 18.7 Å². The highest BCUT2D eigenvalue weighted by atomic mass is 32.2. The highest BCUT2D eigenvalue weighted by Crippen LogP contribution is 2.27. The predicted octanol–water partition coefficient (Wildman–Crippen LogP) is 2.75. The molecule has 0 atom stereocenters. The summed E-state index contributed by atoms with van der Waals surface area (Å²) in [5, 5.41) is 2.79. The van der Waals surface area contributed by atoms with E-state index in [2.05, 4.69) is 10.3 Å². The summed E-state index contributed by atoms with van der Waals surface area (Å²) in [4.78, 5) is 18.6. The van der Waals surface area contributed by atoms with Crippen molar-refractivity contribution < 1.29 is 17.6 Å². The zero-order valence-corrected chi connectivity index (χ0v) is 19.4. The molecule has 31 heavy (non-hydrogen) atoms. The Hall–Kier alpha value is -2.46. The molecule has 0 saturated carbocycles. The van der Waals surface area contributed by atoms with Gasteiger partial charge in [0, 0.05) is 51.0 Å². The quantitative estimate of drug-likeness (QED) is 0.730. The number of aromatic nitrogens is 2. The molecule has 1 fully saturated rings. The van der Waals surface area contributed by atoms with E-state index in [4.69, 9.17) is 0 Å². The van der Waals surface area contributed by atoms with Crippen molar-refractivity contribution in [3.63, 3.8) is 0 Å². The Balaban J connectivity index is 1.61. The lowest BCUT2D eigenvalue weighted by Crippen LogP contribution is -2.41. The monoisotopic (exact) mass is 451 g/mol. The van der Waals surface area contributed by atoms with Gasteiger partial charge in [-0.15, -0.1) is 0 Å². The van der Waals surface area contributed by atoms with Gasteiger partial charge >= 0.3 is 0 Å². The highest BCUT2D eigenvalue weighted by Gasteiger charge is 2.33. The number of piperidine rings is 1. The molecule has 1 N–H and O–H groups in total. The fourth-order valence-corrected chi connectivity index (χ4v) is 5.03. The van der Waals surface area contributed by atoms with Crippen LogP contribution in [0.1, 0.15) is 32.5 Å². The zero-order valence-electron chi connectivity index (χ0n) is 18.6. The number of aryl methyl sites for hydroxylation is 2. The lowest BCUT2D eigenvalue weighted by atomic mass is 9.97. The van der Waals surface area contributed by atoms with Gasteiger partial charge in [0.05, 0.1) is 5.69 Å². The van der Waals surface area contributed by atoms with Gasteiger partial charge in [0.1, 0.15) is 11.6 Å². The fraction of sp³-hybridized carbons (Fsp3) is 0.524. The maximum Gasteiger partial charge on any atom is 0.262 e. The van der Waals surface area contributed by atoms with Crippen molar-refractivity contribution in [1.82, 2.24) is 13.9 Å². The van der Waals surface area contributed by atoms with E-state index in [1.54, 1.807) is 30.7 Å². The molecule has 8 nitrogen and oxygen atoms in total. The molecule has 1 aromatic heterocycles. The molecule has 0 radical (unpaired) electrons. The van der Waals surface area contributed by atoms with Crippen LogP contribution >= 0.6 is 0 Å². The average Bonchev–Trinajstić information content (AvgIpc) is 3.07. The van der Waals surface area contributed by atoms with E-state index in [0.717, 1.165) is 0 Å². The number of carbonyl (C=O) groups is 1. The number of nitrogens with one attached hydrogen (secondary N) is 1. The zero-order chi connectivity index (χ0) is 22.9. The Morgan fingerprint density at radius 2 is 1.94 bits per heavy atom. The van der Waals surface area contributed by atoms with Gasteiger partial charge in [-0.3, -0.25) is 4.79 Å². The normalized spacial score (nSPS) is 16.0. The summed E-state index contributed by atoms with van der Waals surface area (Å²) < 4.78 is 43.1. The van der Waals surface area contributed by atoms with Gasteiger partial charge in [-0.05, 0) is 51.8 Å². The Morgan fingerprint density at radius 1 is 1.29 bits per heavy atom. The highest BCUT2D eigenvalue weighted by molar-refractivity contribution is 7.89. The lowest BCUT2D eigenvalue weighted by molar-refractivity contribution is -0.120. The number of benzene rings is 1. The first-order valence-electron chi connectivity index (χ1n) is 10.3. The van der Waals surface area contributed by atoms with E-state index in [1.165, 1.54) is 16.6 Å². The summed E-state index contributed by atoms with van der Waals surface area (Å²) in [5.74, 6) is -0.348. The number of sulfonamides is 1. The molecule has 170 valence electrons. The largest absolute Gasteiger partial charge is 0.370 e. The number of imidazole rings is 1. The maximum absolute atomic E-state index is 14.5. The second-order valence-electron chi connectivity index (χ2n) is 8.28. The third-order valence-corrected chi connectivity index (χ3v) is 7.66. The van der Waals surface area contributed by atoms with Crippen LogP contribution in [0.3, 0.4) is 0 Å². The molecule has 1 amide bonds. The molecule has 0 spiro atoms. The van der Waals surface area contributed by atoms with Gasteiger partial charge in [-0.1, -0.05) is 0 Å². The smallest absolute Gasteiger partial charge is 0.262 e. The Morgan fingerprint density at radius 3 is 2.45 bits per heavy atom. The van der Waals surface area contributed by atoms with Crippen LogP contribution in [0.15, 0.2) is 29.4 Å². The second-order valence-corrected chi connectivity index (χ2v) is 10.2. The van der Waals surface area contributed by atoms with Crippen LogP contribution in [0.25, 0.3) is 0 Å². The molecule has 3 rings (SSSR count). The van der Waals surface area contributed by atoms with E-state index in [0.29, 0.717) is 30.0 Å². The standard InChI is InChI=1S/C21H30FN5O3S/c1-14(2)26(5)19-7-6-17(12-18(19)22)24-21(28)16-8-10-27(11-9-16)31(29,30)20-13-25(4)15(3)23-20/h6-7,12-14,16H,8-11H2,1-5H3,(H,24,28). The van der Waals surface area contributed by atoms with Crippen LogP contribution in [-0.4, -0.2) is 54.4 Å². The van der Waals surface area contributed by atoms with Gasteiger partial charge in [0.15, 0.2) is 5.03 Å². The summed E-state index contributed by atoms with van der Waals surface area (Å²) in [7, 11) is -0.123. The SMILES string of the molecule is Cc1nc(S(=O)(=O)N2CCC(C(=O)Nc3ccc(N(C)C(C)C)c(F)c3)CC2)cn1C. The van der Waals surface area contributed by atoms with Gasteiger partial charge in [-0.2, -0.15) is 4.31 Å². The van der Waals surface area contributed by atoms with Crippen molar-refractivity contribution in [2.45, 2.75) is 44.7 Å². The molecule has 2 heterocycles. The van der Waals surface area contributed by atoms with Crippen LogP contribution in [0.2, 0.25) is 0 Å². The summed E-state index contributed by atoms with van der Waals surface area (Å²) >= 11 is 0. The number of hydrogen-bond acceptors (Lipinski definition) is 5. The topological polar surface area (TPSA) is 87.5 Å². The first-order chi connectivity index (χ1) is 14.5. The van der Waals surface area contributed by atoms with E-state index >= 15 is 0 Å². The Labute approximate surface area is 183 Å². The van der Waals surface area contributed by atoms with Crippen molar-refractivity contribution >= 4 is 27.3 Å². The number of anilines is 2. The first-order valence-corrected chi connectivity index (χ1v) is 11.8. The molecule has 0 aliphatic carbocycles. The summed E-state index contributed by atoms with van der Waals surface area (Å²) in [6.07, 6.45) is 2.29. The molecule has 2 aromatic rings. The third kappa shape index (κ3) is 4.90. The molecular weight excluding hydrogens is 421 g/mol. The second kappa shape index (κ2) is 8.96. The van der Waals surface area contributed by atoms with Crippen LogP contribution in [-0.2, 0) is 21.9 Å². The summed E-state index contributed by atoms with van der Waals surface area (Å²) in [6.45, 7) is 6.16. The van der Waals surface area contributed by atoms with E-state index in [9.17, 15) is 17.6 Å². The van der Waals surface area contributed by atoms with Gasteiger partial charge in [0.2, 0.25) is 5.91 Å².